The van der Waals surface area contributed by atoms with Crippen LogP contribution in [0.15, 0.2) is 0 Å². The third-order valence-electron chi connectivity index (χ3n) is 5.39. The molecule has 0 aromatic carbocycles. The number of carbonyl (C=O) groups is 2. The Morgan fingerprint density at radius 3 is 2.25 bits per heavy atom. The number of esters is 2. The highest BCUT2D eigenvalue weighted by Gasteiger charge is 2.29. The van der Waals surface area contributed by atoms with Gasteiger partial charge in [-0.05, 0) is 44.4 Å². The Labute approximate surface area is 146 Å². The molecule has 24 heavy (non-hydrogen) atoms. The molecule has 0 saturated heterocycles. The second-order valence-corrected chi connectivity index (χ2v) is 7.92. The Morgan fingerprint density at radius 2 is 1.58 bits per heavy atom. The molecule has 0 aromatic rings. The molecule has 0 spiro atoms. The zero-order valence-electron chi connectivity index (χ0n) is 15.4. The van der Waals surface area contributed by atoms with E-state index >= 15 is 0 Å². The van der Waals surface area contributed by atoms with Crippen molar-refractivity contribution < 1.29 is 19.1 Å². The van der Waals surface area contributed by atoms with E-state index in [2.05, 4.69) is 0 Å². The standard InChI is InChI=1S/C20H34O4/c1-15(2)19(21)23-14-16-9-8-12-18(13-16)24-20(22)17-10-6-4-3-5-7-11-17/h15-18H,3-14H2,1-2H3. The van der Waals surface area contributed by atoms with Gasteiger partial charge in [-0.25, -0.2) is 0 Å². The van der Waals surface area contributed by atoms with Crippen LogP contribution in [0, 0.1) is 17.8 Å². The molecule has 2 aliphatic rings. The maximum Gasteiger partial charge on any atom is 0.309 e. The van der Waals surface area contributed by atoms with E-state index in [0.717, 1.165) is 51.4 Å². The van der Waals surface area contributed by atoms with Gasteiger partial charge in [0.2, 0.25) is 0 Å². The molecular weight excluding hydrogens is 304 g/mol. The minimum absolute atomic E-state index is 0.0134. The van der Waals surface area contributed by atoms with Crippen molar-refractivity contribution in [2.75, 3.05) is 6.61 Å². The fourth-order valence-corrected chi connectivity index (χ4v) is 3.82. The topological polar surface area (TPSA) is 52.6 Å². The van der Waals surface area contributed by atoms with Crippen molar-refractivity contribution in [3.63, 3.8) is 0 Å². The number of carbonyl (C=O) groups excluding carboxylic acids is 2. The van der Waals surface area contributed by atoms with E-state index in [9.17, 15) is 9.59 Å². The van der Waals surface area contributed by atoms with Crippen molar-refractivity contribution in [3.8, 4) is 0 Å². The molecule has 0 aromatic heterocycles. The summed E-state index contributed by atoms with van der Waals surface area (Å²) >= 11 is 0. The van der Waals surface area contributed by atoms with Crippen LogP contribution in [0.5, 0.6) is 0 Å². The largest absolute Gasteiger partial charge is 0.465 e. The fourth-order valence-electron chi connectivity index (χ4n) is 3.82. The van der Waals surface area contributed by atoms with Crippen molar-refractivity contribution >= 4 is 11.9 Å². The van der Waals surface area contributed by atoms with Gasteiger partial charge in [0.1, 0.15) is 6.10 Å². The molecule has 2 unspecified atom stereocenters. The summed E-state index contributed by atoms with van der Waals surface area (Å²) < 4.78 is 11.2. The Bertz CT molecular complexity index is 396. The fraction of sp³-hybridized carbons (Fsp3) is 0.900. The van der Waals surface area contributed by atoms with Gasteiger partial charge >= 0.3 is 11.9 Å². The molecule has 2 aliphatic carbocycles. The smallest absolute Gasteiger partial charge is 0.309 e. The zero-order valence-corrected chi connectivity index (χ0v) is 15.4. The second kappa shape index (κ2) is 10.0. The molecule has 0 bridgehead atoms. The summed E-state index contributed by atoms with van der Waals surface area (Å²) in [6.07, 6.45) is 12.0. The molecule has 2 saturated carbocycles. The van der Waals surface area contributed by atoms with E-state index in [1.54, 1.807) is 0 Å². The first-order valence-electron chi connectivity index (χ1n) is 9.93. The van der Waals surface area contributed by atoms with Crippen LogP contribution >= 0.6 is 0 Å². The maximum absolute atomic E-state index is 12.5. The Balaban J connectivity index is 1.74. The van der Waals surface area contributed by atoms with Crippen LogP contribution in [0.1, 0.15) is 84.5 Å². The Kier molecular flexibility index (Phi) is 8.07. The summed E-state index contributed by atoms with van der Waals surface area (Å²) in [6.45, 7) is 4.17. The third kappa shape index (κ3) is 6.45. The van der Waals surface area contributed by atoms with E-state index in [1.807, 2.05) is 13.8 Å². The molecule has 4 nitrogen and oxygen atoms in total. The lowest BCUT2D eigenvalue weighted by atomic mass is 9.87. The van der Waals surface area contributed by atoms with Gasteiger partial charge in [0.25, 0.3) is 0 Å². The molecule has 2 rings (SSSR count). The van der Waals surface area contributed by atoms with Crippen molar-refractivity contribution in [1.29, 1.82) is 0 Å². The maximum atomic E-state index is 12.5. The van der Waals surface area contributed by atoms with Gasteiger partial charge in [0.15, 0.2) is 0 Å². The Morgan fingerprint density at radius 1 is 0.917 bits per heavy atom. The van der Waals surface area contributed by atoms with Gasteiger partial charge in [-0.3, -0.25) is 9.59 Å². The number of hydrogen-bond acceptors (Lipinski definition) is 4. The van der Waals surface area contributed by atoms with Crippen LogP contribution in [0.4, 0.5) is 0 Å². The highest BCUT2D eigenvalue weighted by atomic mass is 16.5. The van der Waals surface area contributed by atoms with E-state index in [4.69, 9.17) is 9.47 Å². The molecule has 0 amide bonds. The van der Waals surface area contributed by atoms with Gasteiger partial charge in [-0.1, -0.05) is 46.0 Å². The molecule has 0 radical (unpaired) electrons. The van der Waals surface area contributed by atoms with Crippen molar-refractivity contribution in [2.24, 2.45) is 17.8 Å². The van der Waals surface area contributed by atoms with Crippen LogP contribution in [0.25, 0.3) is 0 Å². The molecule has 0 aliphatic heterocycles. The van der Waals surface area contributed by atoms with Crippen LogP contribution in [0.3, 0.4) is 0 Å². The molecular formula is C20H34O4. The van der Waals surface area contributed by atoms with E-state index in [-0.39, 0.29) is 29.9 Å². The third-order valence-corrected chi connectivity index (χ3v) is 5.39. The van der Waals surface area contributed by atoms with Crippen LogP contribution in [0.2, 0.25) is 0 Å². The van der Waals surface area contributed by atoms with Gasteiger partial charge < -0.3 is 9.47 Å². The Hall–Kier alpha value is -1.06. The molecule has 0 heterocycles. The summed E-state index contributed by atoms with van der Waals surface area (Å²) in [7, 11) is 0. The van der Waals surface area contributed by atoms with Crippen molar-refractivity contribution in [2.45, 2.75) is 90.6 Å². The van der Waals surface area contributed by atoms with E-state index in [0.29, 0.717) is 12.5 Å². The lowest BCUT2D eigenvalue weighted by Crippen LogP contribution is -2.31. The predicted molar refractivity (Wildman–Crippen MR) is 93.4 cm³/mol. The average Bonchev–Trinajstić information content (AvgIpc) is 2.52. The summed E-state index contributed by atoms with van der Waals surface area (Å²) in [4.78, 5) is 24.1. The van der Waals surface area contributed by atoms with Gasteiger partial charge in [0.05, 0.1) is 18.4 Å². The average molecular weight is 338 g/mol. The van der Waals surface area contributed by atoms with Crippen LogP contribution in [-0.2, 0) is 19.1 Å². The van der Waals surface area contributed by atoms with E-state index in [1.165, 1.54) is 19.3 Å². The zero-order chi connectivity index (χ0) is 17.4. The number of hydrogen-bond donors (Lipinski definition) is 0. The summed E-state index contributed by atoms with van der Waals surface area (Å²) in [6, 6.07) is 0. The first-order valence-corrected chi connectivity index (χ1v) is 9.93. The van der Waals surface area contributed by atoms with Gasteiger partial charge in [-0.2, -0.15) is 0 Å². The van der Waals surface area contributed by atoms with Gasteiger partial charge in [0, 0.05) is 0 Å². The summed E-state index contributed by atoms with van der Waals surface area (Å²) in [5.74, 6) is 0.230. The second-order valence-electron chi connectivity index (χ2n) is 7.92. The molecule has 0 N–H and O–H groups in total. The van der Waals surface area contributed by atoms with E-state index < -0.39 is 0 Å². The predicted octanol–water partition coefficient (Wildman–Crippen LogP) is 4.65. The highest BCUT2D eigenvalue weighted by Crippen LogP contribution is 2.29. The number of rotatable bonds is 5. The van der Waals surface area contributed by atoms with Crippen LogP contribution in [-0.4, -0.2) is 24.6 Å². The summed E-state index contributed by atoms with van der Waals surface area (Å²) in [5, 5.41) is 0. The minimum atomic E-state index is -0.136. The monoisotopic (exact) mass is 338 g/mol. The van der Waals surface area contributed by atoms with Crippen molar-refractivity contribution in [3.05, 3.63) is 0 Å². The molecule has 138 valence electrons. The van der Waals surface area contributed by atoms with Crippen molar-refractivity contribution in [1.82, 2.24) is 0 Å². The minimum Gasteiger partial charge on any atom is -0.465 e. The molecule has 4 heteroatoms. The molecule has 2 atom stereocenters. The first kappa shape index (κ1) is 19.3. The highest BCUT2D eigenvalue weighted by molar-refractivity contribution is 5.72. The molecule has 2 fully saturated rings. The van der Waals surface area contributed by atoms with Crippen LogP contribution < -0.4 is 0 Å². The first-order chi connectivity index (χ1) is 11.6. The normalized spacial score (nSPS) is 26.5. The summed E-state index contributed by atoms with van der Waals surface area (Å²) in [5.41, 5.74) is 0. The lowest BCUT2D eigenvalue weighted by Gasteiger charge is -2.30. The lowest BCUT2D eigenvalue weighted by molar-refractivity contribution is -0.159. The number of ether oxygens (including phenoxy) is 2. The quantitative estimate of drug-likeness (QED) is 0.685. The SMILES string of the molecule is CC(C)C(=O)OCC1CCCC(OC(=O)C2CCCCCCC2)C1. The van der Waals surface area contributed by atoms with Gasteiger partial charge in [-0.15, -0.1) is 0 Å².